The predicted molar refractivity (Wildman–Crippen MR) is 78.9 cm³/mol. The summed E-state index contributed by atoms with van der Waals surface area (Å²) in [4.78, 5) is 11.6. The zero-order valence-corrected chi connectivity index (χ0v) is 12.2. The van der Waals surface area contributed by atoms with Crippen molar-refractivity contribution in [2.24, 2.45) is 11.7 Å². The Balaban J connectivity index is 1.76. The highest BCUT2D eigenvalue weighted by atomic mass is 16.5. The number of nitrogens with two attached hydrogens (primary N) is 1. The van der Waals surface area contributed by atoms with E-state index in [9.17, 15) is 0 Å². The van der Waals surface area contributed by atoms with Gasteiger partial charge in [0.05, 0.1) is 12.3 Å². The van der Waals surface area contributed by atoms with E-state index in [1.54, 1.807) is 0 Å². The van der Waals surface area contributed by atoms with Gasteiger partial charge >= 0.3 is 0 Å². The maximum absolute atomic E-state index is 5.76. The largest absolute Gasteiger partial charge is 0.381 e. The lowest BCUT2D eigenvalue weighted by atomic mass is 9.97. The van der Waals surface area contributed by atoms with Crippen molar-refractivity contribution >= 4 is 5.82 Å². The highest BCUT2D eigenvalue weighted by molar-refractivity contribution is 5.41. The van der Waals surface area contributed by atoms with E-state index in [4.69, 9.17) is 10.5 Å². The first-order valence-electron chi connectivity index (χ1n) is 7.64. The van der Waals surface area contributed by atoms with Gasteiger partial charge in [0, 0.05) is 31.7 Å². The van der Waals surface area contributed by atoms with Crippen molar-refractivity contribution in [3.8, 4) is 0 Å². The molecular weight excluding hydrogens is 252 g/mol. The molecule has 2 aliphatic rings. The van der Waals surface area contributed by atoms with Crippen LogP contribution in [0.15, 0.2) is 6.07 Å². The van der Waals surface area contributed by atoms with Gasteiger partial charge in [0.1, 0.15) is 11.6 Å². The molecule has 5 nitrogen and oxygen atoms in total. The molecule has 110 valence electrons. The van der Waals surface area contributed by atoms with Crippen LogP contribution in [0.5, 0.6) is 0 Å². The minimum absolute atomic E-state index is 0.442. The summed E-state index contributed by atoms with van der Waals surface area (Å²) < 4.78 is 5.48. The third kappa shape index (κ3) is 2.94. The van der Waals surface area contributed by atoms with Gasteiger partial charge in [-0.1, -0.05) is 0 Å². The van der Waals surface area contributed by atoms with E-state index >= 15 is 0 Å². The molecule has 1 aromatic rings. The van der Waals surface area contributed by atoms with E-state index in [0.29, 0.717) is 11.8 Å². The van der Waals surface area contributed by atoms with E-state index in [-0.39, 0.29) is 0 Å². The molecular formula is C15H24N4O. The highest BCUT2D eigenvalue weighted by Crippen LogP contribution is 2.27. The molecule has 2 fully saturated rings. The van der Waals surface area contributed by atoms with Crippen LogP contribution in [0, 0.1) is 12.8 Å². The summed E-state index contributed by atoms with van der Waals surface area (Å²) in [6, 6.07) is 2.16. The molecule has 1 atom stereocenters. The predicted octanol–water partition coefficient (Wildman–Crippen LogP) is 1.46. The fourth-order valence-corrected chi connectivity index (χ4v) is 3.11. The summed E-state index contributed by atoms with van der Waals surface area (Å²) in [5.74, 6) is 3.06. The summed E-state index contributed by atoms with van der Waals surface area (Å²) >= 11 is 0. The SMILES string of the molecule is Cc1nc([C@@H]2CCOC2)cc(N2CCC(CN)CC2)n1. The van der Waals surface area contributed by atoms with Crippen molar-refractivity contribution in [1.29, 1.82) is 0 Å². The van der Waals surface area contributed by atoms with E-state index < -0.39 is 0 Å². The molecule has 3 heterocycles. The zero-order valence-electron chi connectivity index (χ0n) is 12.2. The van der Waals surface area contributed by atoms with E-state index in [1.807, 2.05) is 6.92 Å². The van der Waals surface area contributed by atoms with Crippen molar-refractivity contribution in [1.82, 2.24) is 9.97 Å². The van der Waals surface area contributed by atoms with Crippen LogP contribution in [-0.4, -0.2) is 42.8 Å². The average Bonchev–Trinajstić information content (AvgIpc) is 3.01. The van der Waals surface area contributed by atoms with Crippen LogP contribution >= 0.6 is 0 Å². The van der Waals surface area contributed by atoms with Crippen molar-refractivity contribution in [2.45, 2.75) is 32.1 Å². The van der Waals surface area contributed by atoms with Crippen LogP contribution in [0.2, 0.25) is 0 Å². The van der Waals surface area contributed by atoms with Crippen molar-refractivity contribution < 1.29 is 4.74 Å². The van der Waals surface area contributed by atoms with E-state index in [2.05, 4.69) is 20.9 Å². The number of aromatic nitrogens is 2. The maximum Gasteiger partial charge on any atom is 0.132 e. The third-order valence-electron chi connectivity index (χ3n) is 4.46. The van der Waals surface area contributed by atoms with Gasteiger partial charge < -0.3 is 15.4 Å². The van der Waals surface area contributed by atoms with Crippen LogP contribution in [-0.2, 0) is 4.74 Å². The Labute approximate surface area is 120 Å². The second-order valence-corrected chi connectivity index (χ2v) is 5.92. The molecule has 20 heavy (non-hydrogen) atoms. The number of ether oxygens (including phenoxy) is 1. The Bertz CT molecular complexity index is 451. The molecule has 2 saturated heterocycles. The Morgan fingerprint density at radius 1 is 1.30 bits per heavy atom. The number of hydrogen-bond acceptors (Lipinski definition) is 5. The average molecular weight is 276 g/mol. The third-order valence-corrected chi connectivity index (χ3v) is 4.46. The summed E-state index contributed by atoms with van der Waals surface area (Å²) in [7, 11) is 0. The Kier molecular flexibility index (Phi) is 4.17. The summed E-state index contributed by atoms with van der Waals surface area (Å²) in [5.41, 5.74) is 6.90. The monoisotopic (exact) mass is 276 g/mol. The summed E-state index contributed by atoms with van der Waals surface area (Å²) in [5, 5.41) is 0. The molecule has 0 aliphatic carbocycles. The number of hydrogen-bond donors (Lipinski definition) is 1. The van der Waals surface area contributed by atoms with E-state index in [0.717, 1.165) is 56.6 Å². The number of aryl methyl sites for hydroxylation is 1. The summed E-state index contributed by atoms with van der Waals surface area (Å²) in [6.45, 7) is 6.55. The Hall–Kier alpha value is -1.20. The lowest BCUT2D eigenvalue weighted by Gasteiger charge is -2.32. The van der Waals surface area contributed by atoms with Gasteiger partial charge in [0.15, 0.2) is 0 Å². The smallest absolute Gasteiger partial charge is 0.132 e. The molecule has 0 radical (unpaired) electrons. The fourth-order valence-electron chi connectivity index (χ4n) is 3.11. The number of nitrogens with zero attached hydrogens (tertiary/aromatic N) is 3. The molecule has 3 rings (SSSR count). The van der Waals surface area contributed by atoms with Gasteiger partial charge in [-0.25, -0.2) is 9.97 Å². The topological polar surface area (TPSA) is 64.3 Å². The first kappa shape index (κ1) is 13.8. The van der Waals surface area contributed by atoms with Crippen molar-refractivity contribution in [3.63, 3.8) is 0 Å². The van der Waals surface area contributed by atoms with Crippen LogP contribution < -0.4 is 10.6 Å². The number of rotatable bonds is 3. The second kappa shape index (κ2) is 6.06. The molecule has 5 heteroatoms. The quantitative estimate of drug-likeness (QED) is 0.905. The molecule has 0 bridgehead atoms. The standard InChI is InChI=1S/C15H24N4O/c1-11-17-14(13-4-7-20-10-13)8-15(18-11)19-5-2-12(9-16)3-6-19/h8,12-13H,2-7,9-10,16H2,1H3/t13-/m1/s1. The van der Waals surface area contributed by atoms with Crippen LogP contribution in [0.4, 0.5) is 5.82 Å². The van der Waals surface area contributed by atoms with Crippen LogP contribution in [0.25, 0.3) is 0 Å². The lowest BCUT2D eigenvalue weighted by molar-refractivity contribution is 0.193. The van der Waals surface area contributed by atoms with Gasteiger partial charge in [-0.05, 0) is 38.6 Å². The zero-order chi connectivity index (χ0) is 13.9. The highest BCUT2D eigenvalue weighted by Gasteiger charge is 2.23. The van der Waals surface area contributed by atoms with Crippen molar-refractivity contribution in [2.75, 3.05) is 37.7 Å². The molecule has 0 spiro atoms. The molecule has 2 aliphatic heterocycles. The number of anilines is 1. The van der Waals surface area contributed by atoms with Gasteiger partial charge in [-0.15, -0.1) is 0 Å². The molecule has 0 amide bonds. The van der Waals surface area contributed by atoms with Crippen molar-refractivity contribution in [3.05, 3.63) is 17.6 Å². The Morgan fingerprint density at radius 3 is 2.75 bits per heavy atom. The van der Waals surface area contributed by atoms with Gasteiger partial charge in [0.2, 0.25) is 0 Å². The van der Waals surface area contributed by atoms with E-state index in [1.165, 1.54) is 12.8 Å². The second-order valence-electron chi connectivity index (χ2n) is 5.92. The molecule has 2 N–H and O–H groups in total. The minimum atomic E-state index is 0.442. The normalized spacial score (nSPS) is 24.3. The van der Waals surface area contributed by atoms with Gasteiger partial charge in [-0.2, -0.15) is 0 Å². The van der Waals surface area contributed by atoms with Gasteiger partial charge in [0.25, 0.3) is 0 Å². The fraction of sp³-hybridized carbons (Fsp3) is 0.733. The molecule has 0 unspecified atom stereocenters. The van der Waals surface area contributed by atoms with Gasteiger partial charge in [-0.3, -0.25) is 0 Å². The van der Waals surface area contributed by atoms with Crippen LogP contribution in [0.1, 0.15) is 36.7 Å². The molecule has 1 aromatic heterocycles. The first-order chi connectivity index (χ1) is 9.76. The Morgan fingerprint density at radius 2 is 2.10 bits per heavy atom. The van der Waals surface area contributed by atoms with Crippen LogP contribution in [0.3, 0.4) is 0 Å². The lowest BCUT2D eigenvalue weighted by Crippen LogP contribution is -2.36. The minimum Gasteiger partial charge on any atom is -0.381 e. The summed E-state index contributed by atoms with van der Waals surface area (Å²) in [6.07, 6.45) is 3.41. The first-order valence-corrected chi connectivity index (χ1v) is 7.64. The molecule has 0 saturated carbocycles. The molecule has 0 aromatic carbocycles. The maximum atomic E-state index is 5.76. The number of piperidine rings is 1.